The molecule has 0 atom stereocenters. The lowest BCUT2D eigenvalue weighted by molar-refractivity contribution is -0.114. The summed E-state index contributed by atoms with van der Waals surface area (Å²) in [5, 5.41) is 2.98. The summed E-state index contributed by atoms with van der Waals surface area (Å²) < 4.78 is 27.0. The van der Waals surface area contributed by atoms with Crippen LogP contribution in [0, 0.1) is 0 Å². The number of rotatable bonds is 4. The van der Waals surface area contributed by atoms with Crippen LogP contribution < -0.4 is 5.32 Å². The summed E-state index contributed by atoms with van der Waals surface area (Å²) in [5.41, 5.74) is 0.940. The Bertz CT molecular complexity index is 984. The molecule has 0 bridgehead atoms. The molecule has 0 unspecified atom stereocenters. The van der Waals surface area contributed by atoms with Crippen molar-refractivity contribution in [1.29, 1.82) is 0 Å². The van der Waals surface area contributed by atoms with Crippen molar-refractivity contribution in [3.63, 3.8) is 0 Å². The number of hydrogen-bond donors (Lipinski definition) is 1. The van der Waals surface area contributed by atoms with Crippen LogP contribution in [0.3, 0.4) is 0 Å². The minimum absolute atomic E-state index is 0.146. The Morgan fingerprint density at radius 3 is 2.14 bits per heavy atom. The zero-order valence-corrected chi connectivity index (χ0v) is 16.8. The van der Waals surface area contributed by atoms with Crippen LogP contribution in [0.25, 0.3) is 0 Å². The fourth-order valence-corrected chi connectivity index (χ4v) is 4.64. The van der Waals surface area contributed by atoms with Gasteiger partial charge in [-0.3, -0.25) is 9.59 Å². The molecule has 1 fully saturated rings. The van der Waals surface area contributed by atoms with Crippen LogP contribution in [0.5, 0.6) is 0 Å². The van der Waals surface area contributed by atoms with Crippen LogP contribution in [-0.2, 0) is 14.8 Å². The molecule has 2 aromatic carbocycles. The Labute approximate surface area is 168 Å². The highest BCUT2D eigenvalue weighted by Gasteiger charge is 2.30. The van der Waals surface area contributed by atoms with E-state index in [9.17, 15) is 18.0 Å². The van der Waals surface area contributed by atoms with Gasteiger partial charge in [0.2, 0.25) is 15.9 Å². The van der Waals surface area contributed by atoms with Crippen LogP contribution in [0.15, 0.2) is 53.4 Å². The minimum atomic E-state index is -3.67. The Morgan fingerprint density at radius 2 is 1.57 bits per heavy atom. The zero-order chi connectivity index (χ0) is 20.3. The normalized spacial score (nSPS) is 15.3. The Kier molecular flexibility index (Phi) is 6.02. The van der Waals surface area contributed by atoms with E-state index < -0.39 is 10.0 Å². The van der Waals surface area contributed by atoms with Gasteiger partial charge < -0.3 is 10.2 Å². The molecule has 1 saturated heterocycles. The highest BCUT2D eigenvalue weighted by atomic mass is 35.5. The highest BCUT2D eigenvalue weighted by molar-refractivity contribution is 7.89. The summed E-state index contributed by atoms with van der Waals surface area (Å²) in [6.07, 6.45) is 0. The number of carbonyl (C=O) groups is 2. The molecule has 9 heteroatoms. The molecular formula is C19H20ClN3O4S. The van der Waals surface area contributed by atoms with Gasteiger partial charge in [-0.2, -0.15) is 4.31 Å². The molecule has 148 valence electrons. The average molecular weight is 422 g/mol. The second kappa shape index (κ2) is 8.30. The van der Waals surface area contributed by atoms with Gasteiger partial charge in [-0.25, -0.2) is 8.42 Å². The van der Waals surface area contributed by atoms with Gasteiger partial charge in [-0.05, 0) is 36.4 Å². The second-order valence-electron chi connectivity index (χ2n) is 6.38. The van der Waals surface area contributed by atoms with E-state index in [1.807, 2.05) is 0 Å². The lowest BCUT2D eigenvalue weighted by atomic mass is 10.2. The smallest absolute Gasteiger partial charge is 0.255 e. The number of benzene rings is 2. The van der Waals surface area contributed by atoms with Gasteiger partial charge in [0.15, 0.2) is 0 Å². The fraction of sp³-hybridized carbons (Fsp3) is 0.263. The molecule has 7 nitrogen and oxygen atoms in total. The first-order valence-electron chi connectivity index (χ1n) is 8.70. The van der Waals surface area contributed by atoms with Crippen LogP contribution >= 0.6 is 11.6 Å². The third-order valence-electron chi connectivity index (χ3n) is 4.44. The zero-order valence-electron chi connectivity index (χ0n) is 15.3. The highest BCUT2D eigenvalue weighted by Crippen LogP contribution is 2.22. The van der Waals surface area contributed by atoms with Crippen molar-refractivity contribution in [3.8, 4) is 0 Å². The number of hydrogen-bond acceptors (Lipinski definition) is 4. The van der Waals surface area contributed by atoms with Crippen molar-refractivity contribution < 1.29 is 18.0 Å². The number of anilines is 1. The molecule has 0 aromatic heterocycles. The van der Waals surface area contributed by atoms with E-state index in [-0.39, 0.29) is 42.9 Å². The van der Waals surface area contributed by atoms with Crippen LogP contribution in [0.4, 0.5) is 5.69 Å². The van der Waals surface area contributed by atoms with Crippen molar-refractivity contribution in [2.45, 2.75) is 11.8 Å². The molecule has 0 aliphatic carbocycles. The first-order valence-corrected chi connectivity index (χ1v) is 10.5. The number of halogens is 1. The molecule has 0 radical (unpaired) electrons. The maximum absolute atomic E-state index is 12.8. The van der Waals surface area contributed by atoms with E-state index >= 15 is 0 Å². The van der Waals surface area contributed by atoms with Crippen molar-refractivity contribution >= 4 is 39.1 Å². The molecule has 2 amide bonds. The fourth-order valence-electron chi connectivity index (χ4n) is 3.00. The van der Waals surface area contributed by atoms with Gasteiger partial charge in [-0.1, -0.05) is 23.7 Å². The Morgan fingerprint density at radius 1 is 0.964 bits per heavy atom. The number of piperazine rings is 1. The monoisotopic (exact) mass is 421 g/mol. The summed E-state index contributed by atoms with van der Waals surface area (Å²) in [4.78, 5) is 25.4. The number of nitrogens with one attached hydrogen (secondary N) is 1. The molecule has 1 aliphatic heterocycles. The Balaban J connectivity index is 1.67. The lowest BCUT2D eigenvalue weighted by Crippen LogP contribution is -2.50. The number of sulfonamides is 1. The third-order valence-corrected chi connectivity index (χ3v) is 6.69. The van der Waals surface area contributed by atoms with Gasteiger partial charge >= 0.3 is 0 Å². The molecule has 2 aromatic rings. The summed E-state index contributed by atoms with van der Waals surface area (Å²) in [7, 11) is -3.67. The minimum Gasteiger partial charge on any atom is -0.336 e. The number of amides is 2. The van der Waals surface area contributed by atoms with Crippen molar-refractivity contribution in [2.24, 2.45) is 0 Å². The molecule has 1 heterocycles. The molecule has 1 N–H and O–H groups in total. The summed E-state index contributed by atoms with van der Waals surface area (Å²) in [5.74, 6) is -0.433. The molecule has 28 heavy (non-hydrogen) atoms. The van der Waals surface area contributed by atoms with Crippen molar-refractivity contribution in [2.75, 3.05) is 31.5 Å². The van der Waals surface area contributed by atoms with E-state index in [1.165, 1.54) is 23.4 Å². The molecule has 1 aliphatic rings. The third kappa shape index (κ3) is 4.35. The maximum Gasteiger partial charge on any atom is 0.255 e. The quantitative estimate of drug-likeness (QED) is 0.821. The van der Waals surface area contributed by atoms with Crippen molar-refractivity contribution in [3.05, 3.63) is 59.1 Å². The summed E-state index contributed by atoms with van der Waals surface area (Å²) in [6.45, 7) is 2.35. The predicted octanol–water partition coefficient (Wildman–Crippen LogP) is 2.45. The maximum atomic E-state index is 12.8. The standard InChI is InChI=1S/C19H20ClN3O4S/c1-14(24)21-15-6-8-16(9-7-15)28(26,27)23-12-10-22(11-13-23)19(25)17-4-2-3-5-18(17)20/h2-9H,10-13H2,1H3,(H,21,24). The second-order valence-corrected chi connectivity index (χ2v) is 8.73. The number of nitrogens with zero attached hydrogens (tertiary/aromatic N) is 2. The van der Waals surface area contributed by atoms with E-state index in [4.69, 9.17) is 11.6 Å². The SMILES string of the molecule is CC(=O)Nc1ccc(S(=O)(=O)N2CCN(C(=O)c3ccccc3Cl)CC2)cc1. The Hall–Kier alpha value is -2.42. The van der Waals surface area contributed by atoms with Crippen molar-refractivity contribution in [1.82, 2.24) is 9.21 Å². The first kappa shape index (κ1) is 20.3. The molecule has 3 rings (SSSR count). The van der Waals surface area contributed by atoms with E-state index in [0.29, 0.717) is 16.3 Å². The lowest BCUT2D eigenvalue weighted by Gasteiger charge is -2.34. The molecular weight excluding hydrogens is 402 g/mol. The van der Waals surface area contributed by atoms with Gasteiger partial charge in [0, 0.05) is 38.8 Å². The van der Waals surface area contributed by atoms with Crippen LogP contribution in [0.2, 0.25) is 5.02 Å². The largest absolute Gasteiger partial charge is 0.336 e. The van der Waals surface area contributed by atoms with Gasteiger partial charge in [-0.15, -0.1) is 0 Å². The average Bonchev–Trinajstić information content (AvgIpc) is 2.68. The van der Waals surface area contributed by atoms with Gasteiger partial charge in [0.1, 0.15) is 0 Å². The van der Waals surface area contributed by atoms with E-state index in [0.717, 1.165) is 0 Å². The summed E-state index contributed by atoms with van der Waals surface area (Å²) in [6, 6.07) is 12.8. The first-order chi connectivity index (χ1) is 13.3. The van der Waals surface area contributed by atoms with E-state index in [2.05, 4.69) is 5.32 Å². The van der Waals surface area contributed by atoms with E-state index in [1.54, 1.807) is 41.3 Å². The topological polar surface area (TPSA) is 86.8 Å². The van der Waals surface area contributed by atoms with Gasteiger partial charge in [0.25, 0.3) is 5.91 Å². The summed E-state index contributed by atoms with van der Waals surface area (Å²) >= 11 is 6.08. The number of carbonyl (C=O) groups excluding carboxylic acids is 2. The van der Waals surface area contributed by atoms with Crippen LogP contribution in [-0.4, -0.2) is 55.6 Å². The molecule has 0 spiro atoms. The van der Waals surface area contributed by atoms with Crippen LogP contribution in [0.1, 0.15) is 17.3 Å². The predicted molar refractivity (Wildman–Crippen MR) is 107 cm³/mol. The molecule has 0 saturated carbocycles. The van der Waals surface area contributed by atoms with Gasteiger partial charge in [0.05, 0.1) is 15.5 Å².